The molecule has 4 N–H and O–H groups in total. The van der Waals surface area contributed by atoms with Gasteiger partial charge in [0, 0.05) is 6.54 Å². The van der Waals surface area contributed by atoms with E-state index < -0.39 is 54.4 Å². The first kappa shape index (κ1) is 22.7. The molecule has 2 aromatic rings. The molecule has 13 heteroatoms. The summed E-state index contributed by atoms with van der Waals surface area (Å²) in [6.07, 6.45) is -10.1. The fourth-order valence-electron chi connectivity index (χ4n) is 3.68. The Balaban J connectivity index is 1.36. The van der Waals surface area contributed by atoms with Gasteiger partial charge in [-0.1, -0.05) is 12.1 Å². The largest absolute Gasteiger partial charge is 0.573 e. The zero-order valence-corrected chi connectivity index (χ0v) is 16.8. The monoisotopic (exact) mass is 479 g/mol. The van der Waals surface area contributed by atoms with Crippen LogP contribution in [0.25, 0.3) is 0 Å². The lowest BCUT2D eigenvalue weighted by atomic mass is 9.56. The number of alkyl halides is 4. The molecule has 0 radical (unpaired) electrons. The van der Waals surface area contributed by atoms with Crippen molar-refractivity contribution in [1.82, 2.24) is 5.32 Å². The molecule has 8 nitrogen and oxygen atoms in total. The lowest BCUT2D eigenvalue weighted by Crippen LogP contribution is -2.95. The van der Waals surface area contributed by atoms with Crippen molar-refractivity contribution < 1.29 is 51.9 Å². The van der Waals surface area contributed by atoms with Gasteiger partial charge in [0.25, 0.3) is 5.91 Å². The first-order valence-electron chi connectivity index (χ1n) is 9.22. The second kappa shape index (κ2) is 7.85. The summed E-state index contributed by atoms with van der Waals surface area (Å²) in [6.45, 7) is -0.881. The van der Waals surface area contributed by atoms with Gasteiger partial charge in [-0.05, 0) is 29.1 Å². The fraction of sp³-hybridized carbons (Fsp3) is 0.421. The molecule has 2 fully saturated rings. The molecule has 1 aliphatic heterocycles. The van der Waals surface area contributed by atoms with Gasteiger partial charge in [0.2, 0.25) is 6.29 Å². The maximum atomic E-state index is 13.9. The van der Waals surface area contributed by atoms with E-state index in [9.17, 15) is 37.7 Å². The quantitative estimate of drug-likeness (QED) is 0.445. The summed E-state index contributed by atoms with van der Waals surface area (Å²) in [4.78, 5) is 12.6. The molecule has 1 saturated carbocycles. The van der Waals surface area contributed by atoms with Crippen LogP contribution in [0, 0.1) is 0 Å². The summed E-state index contributed by atoms with van der Waals surface area (Å²) in [5.74, 6) is -0.976. The van der Waals surface area contributed by atoms with Crippen LogP contribution in [0.1, 0.15) is 15.2 Å². The zero-order chi connectivity index (χ0) is 23.3. The molecule has 1 saturated heterocycles. The number of fused-ring (bicyclic) bond motifs is 1. The molecule has 32 heavy (non-hydrogen) atoms. The maximum Gasteiger partial charge on any atom is 0.573 e. The molecule has 174 valence electrons. The van der Waals surface area contributed by atoms with Crippen molar-refractivity contribution >= 4 is 17.2 Å². The van der Waals surface area contributed by atoms with Crippen LogP contribution in [-0.2, 0) is 11.3 Å². The predicted molar refractivity (Wildman–Crippen MR) is 99.8 cm³/mol. The summed E-state index contributed by atoms with van der Waals surface area (Å²) in [5.41, 5.74) is -3.64. The Hall–Kier alpha value is -2.45. The molecule has 1 aromatic carbocycles. The number of carbonyl (C=O) groups excluding carboxylic acids is 1. The molecular formula is C19H17F4NO7S. The third kappa shape index (κ3) is 3.49. The van der Waals surface area contributed by atoms with Crippen molar-refractivity contribution in [2.75, 3.05) is 6.61 Å². The van der Waals surface area contributed by atoms with E-state index in [1.807, 2.05) is 0 Å². The summed E-state index contributed by atoms with van der Waals surface area (Å²) in [7, 11) is 0. The van der Waals surface area contributed by atoms with E-state index in [0.717, 1.165) is 23.5 Å². The van der Waals surface area contributed by atoms with E-state index in [1.54, 1.807) is 0 Å². The number of carbonyl (C=O) groups is 1. The first-order chi connectivity index (χ1) is 15.0. The highest BCUT2D eigenvalue weighted by atomic mass is 32.1. The molecule has 5 atom stereocenters. The van der Waals surface area contributed by atoms with E-state index in [4.69, 9.17) is 9.47 Å². The minimum atomic E-state index is -4.81. The predicted octanol–water partition coefficient (Wildman–Crippen LogP) is 1.49. The van der Waals surface area contributed by atoms with Crippen LogP contribution in [0.3, 0.4) is 0 Å². The van der Waals surface area contributed by atoms with Crippen LogP contribution in [0.5, 0.6) is 11.5 Å². The Labute approximate surface area is 181 Å². The Morgan fingerprint density at radius 3 is 2.56 bits per heavy atom. The van der Waals surface area contributed by atoms with Crippen LogP contribution < -0.4 is 14.8 Å². The normalized spacial score (nSPS) is 31.2. The van der Waals surface area contributed by atoms with E-state index in [1.165, 1.54) is 23.6 Å². The van der Waals surface area contributed by atoms with Crippen molar-refractivity contribution in [3.8, 4) is 11.5 Å². The SMILES string of the molecule is O=C(NCc1ccc(OC(F)(F)F)cc1)c1sccc1OC1OC2(CO)C(F)C(O)C12O. The maximum absolute atomic E-state index is 13.9. The van der Waals surface area contributed by atoms with Gasteiger partial charge >= 0.3 is 6.36 Å². The average molecular weight is 479 g/mol. The highest BCUT2D eigenvalue weighted by Gasteiger charge is 2.86. The smallest absolute Gasteiger partial charge is 0.460 e. The highest BCUT2D eigenvalue weighted by molar-refractivity contribution is 7.12. The van der Waals surface area contributed by atoms with E-state index >= 15 is 0 Å². The van der Waals surface area contributed by atoms with Crippen LogP contribution in [0.4, 0.5) is 17.6 Å². The van der Waals surface area contributed by atoms with E-state index in [2.05, 4.69) is 10.1 Å². The van der Waals surface area contributed by atoms with Crippen LogP contribution in [0.15, 0.2) is 35.7 Å². The third-order valence-corrected chi connectivity index (χ3v) is 6.34. The second-order valence-electron chi connectivity index (χ2n) is 7.28. The highest BCUT2D eigenvalue weighted by Crippen LogP contribution is 2.59. The summed E-state index contributed by atoms with van der Waals surface area (Å²) >= 11 is 0.998. The lowest BCUT2D eigenvalue weighted by molar-refractivity contribution is -0.502. The molecule has 1 aliphatic carbocycles. The minimum absolute atomic E-state index is 0.000832. The average Bonchev–Trinajstić information content (AvgIpc) is 3.21. The number of aliphatic hydroxyl groups excluding tert-OH is 2. The Morgan fingerprint density at radius 1 is 1.25 bits per heavy atom. The molecule has 2 heterocycles. The number of amides is 1. The molecule has 2 aliphatic rings. The van der Waals surface area contributed by atoms with E-state index in [-0.39, 0.29) is 17.2 Å². The van der Waals surface area contributed by atoms with E-state index in [0.29, 0.717) is 5.56 Å². The number of rotatable bonds is 7. The molecule has 0 bridgehead atoms. The summed E-state index contributed by atoms with van der Waals surface area (Å²) < 4.78 is 64.9. The van der Waals surface area contributed by atoms with Crippen molar-refractivity contribution in [2.24, 2.45) is 0 Å². The molecular weight excluding hydrogens is 462 g/mol. The van der Waals surface area contributed by atoms with Gasteiger partial charge in [0.15, 0.2) is 17.4 Å². The number of ether oxygens (including phenoxy) is 3. The van der Waals surface area contributed by atoms with Crippen molar-refractivity contribution in [1.29, 1.82) is 0 Å². The van der Waals surface area contributed by atoms with Gasteiger partial charge in [-0.3, -0.25) is 4.79 Å². The zero-order valence-electron chi connectivity index (χ0n) is 16.0. The van der Waals surface area contributed by atoms with Crippen LogP contribution in [-0.4, -0.2) is 64.0 Å². The number of hydrogen-bond acceptors (Lipinski definition) is 8. The molecule has 1 amide bonds. The van der Waals surface area contributed by atoms with Crippen molar-refractivity contribution in [3.63, 3.8) is 0 Å². The number of halogens is 4. The number of thiophene rings is 1. The molecule has 0 spiro atoms. The third-order valence-electron chi connectivity index (χ3n) is 5.44. The lowest BCUT2D eigenvalue weighted by Gasteiger charge is -2.69. The van der Waals surface area contributed by atoms with Gasteiger partial charge < -0.3 is 34.8 Å². The van der Waals surface area contributed by atoms with Crippen molar-refractivity contribution in [3.05, 3.63) is 46.2 Å². The fourth-order valence-corrected chi connectivity index (χ4v) is 4.42. The van der Waals surface area contributed by atoms with Crippen LogP contribution >= 0.6 is 11.3 Å². The van der Waals surface area contributed by atoms with Crippen LogP contribution in [0.2, 0.25) is 0 Å². The standard InChI is InChI=1S/C19H17F4NO7S/c20-13-14(26)18(28)16(31-17(13,18)8-25)29-11-5-6-32-12(11)15(27)24-7-9-1-3-10(4-2-9)30-19(21,22)23/h1-6,13-14,16,25-26,28H,7-8H2,(H,24,27). The molecule has 1 aromatic heterocycles. The van der Waals surface area contributed by atoms with Gasteiger partial charge in [-0.25, -0.2) is 4.39 Å². The number of benzene rings is 1. The Bertz CT molecular complexity index is 1000. The number of hydrogen-bond donors (Lipinski definition) is 4. The minimum Gasteiger partial charge on any atom is -0.460 e. The topological polar surface area (TPSA) is 117 Å². The van der Waals surface area contributed by atoms with Gasteiger partial charge in [0.1, 0.15) is 22.5 Å². The Kier molecular flexibility index (Phi) is 5.57. The molecule has 4 rings (SSSR count). The number of nitrogens with one attached hydrogen (secondary N) is 1. The Morgan fingerprint density at radius 2 is 1.94 bits per heavy atom. The molecule has 5 unspecified atom stereocenters. The van der Waals surface area contributed by atoms with Gasteiger partial charge in [-0.2, -0.15) is 0 Å². The number of aliphatic hydroxyl groups is 3. The van der Waals surface area contributed by atoms with Gasteiger partial charge in [-0.15, -0.1) is 24.5 Å². The van der Waals surface area contributed by atoms with Crippen molar-refractivity contribution in [2.45, 2.75) is 42.7 Å². The first-order valence-corrected chi connectivity index (χ1v) is 10.1. The second-order valence-corrected chi connectivity index (χ2v) is 8.19. The summed E-state index contributed by atoms with van der Waals surface area (Å²) in [5, 5.41) is 33.7. The summed E-state index contributed by atoms with van der Waals surface area (Å²) in [6, 6.07) is 6.33. The van der Waals surface area contributed by atoms with Gasteiger partial charge in [0.05, 0.1) is 6.61 Å².